The second-order valence-electron chi connectivity index (χ2n) is 5.05. The van der Waals surface area contributed by atoms with Crippen molar-refractivity contribution in [3.05, 3.63) is 34.9 Å². The van der Waals surface area contributed by atoms with E-state index in [4.69, 9.17) is 5.11 Å². The molecule has 1 aromatic rings. The SMILES string of the molecule is CC[C@@H](C)[C@H](NC(=O)c1cc(C)cc(C)c1)C(=O)O. The number of hydrogen-bond acceptors (Lipinski definition) is 2. The lowest BCUT2D eigenvalue weighted by atomic mass is 9.98. The first-order valence-corrected chi connectivity index (χ1v) is 6.47. The Morgan fingerprint density at radius 3 is 2.16 bits per heavy atom. The maximum atomic E-state index is 12.1. The van der Waals surface area contributed by atoms with E-state index >= 15 is 0 Å². The zero-order valence-electron chi connectivity index (χ0n) is 11.9. The second-order valence-corrected chi connectivity index (χ2v) is 5.05. The van der Waals surface area contributed by atoms with E-state index in [0.29, 0.717) is 12.0 Å². The van der Waals surface area contributed by atoms with E-state index in [0.717, 1.165) is 11.1 Å². The van der Waals surface area contributed by atoms with E-state index in [1.807, 2.05) is 33.8 Å². The lowest BCUT2D eigenvalue weighted by Gasteiger charge is -2.20. The van der Waals surface area contributed by atoms with Gasteiger partial charge in [0.15, 0.2) is 0 Å². The summed E-state index contributed by atoms with van der Waals surface area (Å²) in [6, 6.07) is 4.65. The fraction of sp³-hybridized carbons (Fsp3) is 0.467. The largest absolute Gasteiger partial charge is 0.480 e. The van der Waals surface area contributed by atoms with Gasteiger partial charge in [0.05, 0.1) is 0 Å². The summed E-state index contributed by atoms with van der Waals surface area (Å²) in [6.07, 6.45) is 0.699. The van der Waals surface area contributed by atoms with Gasteiger partial charge in [-0.15, -0.1) is 0 Å². The van der Waals surface area contributed by atoms with Gasteiger partial charge in [-0.2, -0.15) is 0 Å². The Bertz CT molecular complexity index is 462. The average Bonchev–Trinajstić information content (AvgIpc) is 2.33. The fourth-order valence-electron chi connectivity index (χ4n) is 2.01. The molecule has 0 spiro atoms. The smallest absolute Gasteiger partial charge is 0.326 e. The van der Waals surface area contributed by atoms with Gasteiger partial charge in [-0.3, -0.25) is 4.79 Å². The third kappa shape index (κ3) is 4.09. The Morgan fingerprint density at radius 1 is 1.21 bits per heavy atom. The molecule has 2 atom stereocenters. The van der Waals surface area contributed by atoms with Gasteiger partial charge in [-0.25, -0.2) is 4.79 Å². The highest BCUT2D eigenvalue weighted by Gasteiger charge is 2.25. The van der Waals surface area contributed by atoms with Crippen LogP contribution in [0, 0.1) is 19.8 Å². The van der Waals surface area contributed by atoms with Crippen molar-refractivity contribution < 1.29 is 14.7 Å². The van der Waals surface area contributed by atoms with Gasteiger partial charge >= 0.3 is 5.97 Å². The van der Waals surface area contributed by atoms with Crippen LogP contribution in [0.4, 0.5) is 0 Å². The highest BCUT2D eigenvalue weighted by Crippen LogP contribution is 2.12. The van der Waals surface area contributed by atoms with Crippen molar-refractivity contribution in [3.63, 3.8) is 0 Å². The van der Waals surface area contributed by atoms with Crippen molar-refractivity contribution in [1.29, 1.82) is 0 Å². The molecule has 0 aliphatic heterocycles. The Kier molecular flexibility index (Phi) is 5.10. The van der Waals surface area contributed by atoms with Gasteiger partial charge in [0, 0.05) is 5.56 Å². The predicted octanol–water partition coefficient (Wildman–Crippen LogP) is 2.53. The molecule has 19 heavy (non-hydrogen) atoms. The normalized spacial score (nSPS) is 13.7. The highest BCUT2D eigenvalue weighted by atomic mass is 16.4. The molecule has 4 heteroatoms. The summed E-state index contributed by atoms with van der Waals surface area (Å²) in [7, 11) is 0. The number of carbonyl (C=O) groups is 2. The van der Waals surface area contributed by atoms with Gasteiger partial charge in [-0.1, -0.05) is 37.5 Å². The molecule has 1 amide bonds. The molecule has 0 aliphatic carbocycles. The summed E-state index contributed by atoms with van der Waals surface area (Å²) in [5, 5.41) is 11.8. The van der Waals surface area contributed by atoms with Crippen molar-refractivity contribution in [1.82, 2.24) is 5.32 Å². The third-order valence-electron chi connectivity index (χ3n) is 3.25. The molecular weight excluding hydrogens is 242 g/mol. The van der Waals surface area contributed by atoms with Crippen molar-refractivity contribution in [2.45, 2.75) is 40.2 Å². The van der Waals surface area contributed by atoms with Gasteiger partial charge in [0.1, 0.15) is 6.04 Å². The monoisotopic (exact) mass is 263 g/mol. The maximum absolute atomic E-state index is 12.1. The van der Waals surface area contributed by atoms with Gasteiger partial charge in [-0.05, 0) is 31.9 Å². The number of aliphatic carboxylic acids is 1. The predicted molar refractivity (Wildman–Crippen MR) is 74.3 cm³/mol. The summed E-state index contributed by atoms with van der Waals surface area (Å²) in [5.74, 6) is -1.43. The van der Waals surface area contributed by atoms with Gasteiger partial charge in [0.2, 0.25) is 0 Å². The van der Waals surface area contributed by atoms with Crippen LogP contribution in [0.2, 0.25) is 0 Å². The van der Waals surface area contributed by atoms with Crippen molar-refractivity contribution >= 4 is 11.9 Å². The number of rotatable bonds is 5. The Hall–Kier alpha value is -1.84. The van der Waals surface area contributed by atoms with Crippen molar-refractivity contribution in [3.8, 4) is 0 Å². The molecule has 1 aromatic carbocycles. The lowest BCUT2D eigenvalue weighted by molar-refractivity contribution is -0.140. The summed E-state index contributed by atoms with van der Waals surface area (Å²) >= 11 is 0. The number of amides is 1. The summed E-state index contributed by atoms with van der Waals surface area (Å²) in [4.78, 5) is 23.3. The molecule has 0 bridgehead atoms. The molecule has 0 radical (unpaired) electrons. The van der Waals surface area contributed by atoms with Gasteiger partial charge < -0.3 is 10.4 Å². The minimum absolute atomic E-state index is 0.104. The van der Waals surface area contributed by atoms with Crippen LogP contribution in [0.15, 0.2) is 18.2 Å². The van der Waals surface area contributed by atoms with Crippen LogP contribution in [0.5, 0.6) is 0 Å². The van der Waals surface area contributed by atoms with Crippen LogP contribution in [0.3, 0.4) is 0 Å². The van der Waals surface area contributed by atoms with E-state index in [2.05, 4.69) is 5.32 Å². The molecule has 0 saturated heterocycles. The summed E-state index contributed by atoms with van der Waals surface area (Å²) in [5.41, 5.74) is 2.48. The zero-order valence-corrected chi connectivity index (χ0v) is 11.9. The molecule has 2 N–H and O–H groups in total. The number of aryl methyl sites for hydroxylation is 2. The maximum Gasteiger partial charge on any atom is 0.326 e. The van der Waals surface area contributed by atoms with E-state index in [-0.39, 0.29) is 11.8 Å². The Balaban J connectivity index is 2.90. The first-order valence-electron chi connectivity index (χ1n) is 6.47. The topological polar surface area (TPSA) is 66.4 Å². The number of carboxylic acid groups (broad SMARTS) is 1. The van der Waals surface area contributed by atoms with Crippen LogP contribution >= 0.6 is 0 Å². The molecule has 0 unspecified atom stereocenters. The van der Waals surface area contributed by atoms with E-state index in [1.165, 1.54) is 0 Å². The van der Waals surface area contributed by atoms with Crippen molar-refractivity contribution in [2.24, 2.45) is 5.92 Å². The molecule has 104 valence electrons. The first-order chi connectivity index (χ1) is 8.85. The molecule has 0 fully saturated rings. The molecule has 0 aliphatic rings. The molecular formula is C15H21NO3. The number of benzene rings is 1. The van der Waals surface area contributed by atoms with E-state index < -0.39 is 12.0 Å². The molecule has 0 heterocycles. The average molecular weight is 263 g/mol. The minimum atomic E-state index is -0.993. The van der Waals surface area contributed by atoms with E-state index in [1.54, 1.807) is 12.1 Å². The minimum Gasteiger partial charge on any atom is -0.480 e. The summed E-state index contributed by atoms with van der Waals surface area (Å²) < 4.78 is 0. The third-order valence-corrected chi connectivity index (χ3v) is 3.25. The van der Waals surface area contributed by atoms with Crippen molar-refractivity contribution in [2.75, 3.05) is 0 Å². The number of nitrogens with one attached hydrogen (secondary N) is 1. The lowest BCUT2D eigenvalue weighted by Crippen LogP contribution is -2.45. The van der Waals surface area contributed by atoms with Gasteiger partial charge in [0.25, 0.3) is 5.91 Å². The first kappa shape index (κ1) is 15.2. The van der Waals surface area contributed by atoms with Crippen LogP contribution in [-0.4, -0.2) is 23.0 Å². The number of hydrogen-bond donors (Lipinski definition) is 2. The van der Waals surface area contributed by atoms with Crippen LogP contribution < -0.4 is 5.32 Å². The zero-order chi connectivity index (χ0) is 14.6. The molecule has 1 rings (SSSR count). The van der Waals surface area contributed by atoms with Crippen LogP contribution in [0.1, 0.15) is 41.8 Å². The fourth-order valence-corrected chi connectivity index (χ4v) is 2.01. The quantitative estimate of drug-likeness (QED) is 0.858. The standard InChI is InChI=1S/C15H21NO3/c1-5-11(4)13(15(18)19)16-14(17)12-7-9(2)6-10(3)8-12/h6-8,11,13H,5H2,1-4H3,(H,16,17)(H,18,19)/t11-,13+/m1/s1. The molecule has 0 aromatic heterocycles. The number of carboxylic acids is 1. The Labute approximate surface area is 113 Å². The van der Waals surface area contributed by atoms with Crippen LogP contribution in [0.25, 0.3) is 0 Å². The Morgan fingerprint density at radius 2 is 1.74 bits per heavy atom. The number of carbonyl (C=O) groups excluding carboxylic acids is 1. The molecule has 4 nitrogen and oxygen atoms in total. The summed E-state index contributed by atoms with van der Waals surface area (Å²) in [6.45, 7) is 7.55. The second kappa shape index (κ2) is 6.36. The molecule has 0 saturated carbocycles. The van der Waals surface area contributed by atoms with Crippen LogP contribution in [-0.2, 0) is 4.79 Å². The highest BCUT2D eigenvalue weighted by molar-refractivity contribution is 5.97. The van der Waals surface area contributed by atoms with E-state index in [9.17, 15) is 9.59 Å².